The molecule has 0 spiro atoms. The van der Waals surface area contributed by atoms with Gasteiger partial charge in [-0.2, -0.15) is 0 Å². The number of benzene rings is 2. The molecule has 0 fully saturated rings. The number of thiazole rings is 1. The summed E-state index contributed by atoms with van der Waals surface area (Å²) in [7, 11) is 0. The fraction of sp³-hybridized carbons (Fsp3) is 0.0357. The fourth-order valence-corrected chi connectivity index (χ4v) is 5.38. The van der Waals surface area contributed by atoms with E-state index in [-0.39, 0.29) is 0 Å². The molecule has 0 radical (unpaired) electrons. The summed E-state index contributed by atoms with van der Waals surface area (Å²) in [4.78, 5) is 30.5. The molecular formula is C28H19N7S. The van der Waals surface area contributed by atoms with Crippen molar-refractivity contribution in [3.63, 3.8) is 0 Å². The third kappa shape index (κ3) is 3.55. The summed E-state index contributed by atoms with van der Waals surface area (Å²) in [6.45, 7) is 2.02. The largest absolute Gasteiger partial charge is 0.338 e. The quantitative estimate of drug-likeness (QED) is 0.290. The summed E-state index contributed by atoms with van der Waals surface area (Å²) in [6.07, 6.45) is 7.12. The Morgan fingerprint density at radius 2 is 1.14 bits per heavy atom. The predicted octanol–water partition coefficient (Wildman–Crippen LogP) is 6.66. The minimum atomic E-state index is 0.837. The summed E-state index contributed by atoms with van der Waals surface area (Å²) in [5.74, 6) is 1.67. The van der Waals surface area contributed by atoms with Gasteiger partial charge in [0.1, 0.15) is 10.8 Å². The van der Waals surface area contributed by atoms with Crippen LogP contribution >= 0.6 is 11.3 Å². The van der Waals surface area contributed by atoms with Gasteiger partial charge in [0.2, 0.25) is 0 Å². The molecule has 36 heavy (non-hydrogen) atoms. The van der Waals surface area contributed by atoms with Crippen LogP contribution in [0.1, 0.15) is 5.69 Å². The van der Waals surface area contributed by atoms with Crippen molar-refractivity contribution < 1.29 is 0 Å². The minimum absolute atomic E-state index is 0.837. The van der Waals surface area contributed by atoms with Gasteiger partial charge in [-0.25, -0.2) is 15.0 Å². The molecule has 0 aliphatic carbocycles. The van der Waals surface area contributed by atoms with E-state index < -0.39 is 0 Å². The van der Waals surface area contributed by atoms with E-state index in [1.54, 1.807) is 36.1 Å². The van der Waals surface area contributed by atoms with Crippen molar-refractivity contribution in [3.05, 3.63) is 91.1 Å². The predicted molar refractivity (Wildman–Crippen MR) is 143 cm³/mol. The second kappa shape index (κ2) is 8.21. The Morgan fingerprint density at radius 3 is 1.78 bits per heavy atom. The van der Waals surface area contributed by atoms with E-state index in [1.807, 2.05) is 31.2 Å². The van der Waals surface area contributed by atoms with E-state index in [9.17, 15) is 0 Å². The molecule has 5 heterocycles. The van der Waals surface area contributed by atoms with Crippen LogP contribution in [0.5, 0.6) is 0 Å². The van der Waals surface area contributed by atoms with E-state index >= 15 is 0 Å². The third-order valence-corrected chi connectivity index (χ3v) is 7.40. The fourth-order valence-electron chi connectivity index (χ4n) is 4.37. The van der Waals surface area contributed by atoms with E-state index in [0.717, 1.165) is 71.5 Å². The lowest BCUT2D eigenvalue weighted by atomic mass is 10.0. The van der Waals surface area contributed by atoms with Crippen molar-refractivity contribution in [2.75, 3.05) is 0 Å². The summed E-state index contributed by atoms with van der Waals surface area (Å²) in [5, 5.41) is 0.963. The number of imidazole rings is 2. The lowest BCUT2D eigenvalue weighted by molar-refractivity contribution is 1.24. The molecule has 7 aromatic rings. The van der Waals surface area contributed by atoms with Crippen molar-refractivity contribution >= 4 is 33.4 Å². The maximum atomic E-state index is 4.85. The van der Waals surface area contributed by atoms with Crippen molar-refractivity contribution in [2.45, 2.75) is 6.92 Å². The highest BCUT2D eigenvalue weighted by Gasteiger charge is 2.15. The number of nitrogens with one attached hydrogen (secondary N) is 2. The highest BCUT2D eigenvalue weighted by molar-refractivity contribution is 7.18. The van der Waals surface area contributed by atoms with Gasteiger partial charge in [0, 0.05) is 35.9 Å². The molecule has 0 saturated carbocycles. The van der Waals surface area contributed by atoms with Crippen molar-refractivity contribution in [1.29, 1.82) is 0 Å². The first-order valence-electron chi connectivity index (χ1n) is 11.5. The number of rotatable bonds is 4. The van der Waals surface area contributed by atoms with E-state index in [4.69, 9.17) is 15.0 Å². The SMILES string of the molecule is Cc1nc(-c2ccncc2)sc1-c1nc2ccc(-c3ccc4nc(-c5ccncc5)[nH]c4c3)cc2[nH]1. The molecule has 0 saturated heterocycles. The normalized spacial score (nSPS) is 11.5. The Kier molecular flexibility index (Phi) is 4.71. The van der Waals surface area contributed by atoms with Gasteiger partial charge in [-0.05, 0) is 66.6 Å². The maximum Gasteiger partial charge on any atom is 0.150 e. The molecular weight excluding hydrogens is 466 g/mol. The highest BCUT2D eigenvalue weighted by Crippen LogP contribution is 2.35. The van der Waals surface area contributed by atoms with Crippen LogP contribution in [0.25, 0.3) is 65.9 Å². The Labute approximate surface area is 210 Å². The molecule has 5 aromatic heterocycles. The molecule has 2 aromatic carbocycles. The molecule has 0 bridgehead atoms. The lowest BCUT2D eigenvalue weighted by Crippen LogP contribution is -1.80. The minimum Gasteiger partial charge on any atom is -0.338 e. The monoisotopic (exact) mass is 485 g/mol. The molecule has 0 unspecified atom stereocenters. The third-order valence-electron chi connectivity index (χ3n) is 6.19. The average molecular weight is 486 g/mol. The smallest absolute Gasteiger partial charge is 0.150 e. The molecule has 2 N–H and O–H groups in total. The van der Waals surface area contributed by atoms with Crippen LogP contribution in [0, 0.1) is 6.92 Å². The average Bonchev–Trinajstić information content (AvgIpc) is 3.65. The van der Waals surface area contributed by atoms with Gasteiger partial charge >= 0.3 is 0 Å². The van der Waals surface area contributed by atoms with Crippen LogP contribution < -0.4 is 0 Å². The first-order valence-corrected chi connectivity index (χ1v) is 12.3. The standard InChI is InChI=1S/C28H19N7S/c1-16-25(36-28(31-16)18-8-12-30-13-9-18)27-33-22-5-3-20(15-24(22)35-27)19-2-4-21-23(14-19)34-26(32-21)17-6-10-29-11-7-17/h2-15H,1H3,(H,32,34)(H,33,35). The summed E-state index contributed by atoms with van der Waals surface area (Å²) < 4.78 is 0. The number of fused-ring (bicyclic) bond motifs is 2. The van der Waals surface area contributed by atoms with Gasteiger partial charge in [-0.3, -0.25) is 9.97 Å². The number of aromatic nitrogens is 7. The van der Waals surface area contributed by atoms with Crippen LogP contribution in [0.15, 0.2) is 85.5 Å². The van der Waals surface area contributed by atoms with Gasteiger partial charge in [0.05, 0.1) is 32.6 Å². The summed E-state index contributed by atoms with van der Waals surface area (Å²) >= 11 is 1.64. The van der Waals surface area contributed by atoms with Crippen LogP contribution in [-0.2, 0) is 0 Å². The van der Waals surface area contributed by atoms with Crippen molar-refractivity contribution in [1.82, 2.24) is 34.9 Å². The Bertz CT molecular complexity index is 1850. The Hall–Kier alpha value is -4.69. The Morgan fingerprint density at radius 1 is 0.583 bits per heavy atom. The molecule has 8 heteroatoms. The number of aryl methyl sites for hydroxylation is 1. The number of pyridine rings is 2. The maximum absolute atomic E-state index is 4.85. The number of hydrogen-bond donors (Lipinski definition) is 2. The zero-order valence-corrected chi connectivity index (χ0v) is 20.0. The number of aromatic amines is 2. The van der Waals surface area contributed by atoms with Gasteiger partial charge in [-0.15, -0.1) is 11.3 Å². The summed E-state index contributed by atoms with van der Waals surface area (Å²) in [5.41, 5.74) is 9.09. The number of hydrogen-bond acceptors (Lipinski definition) is 6. The zero-order valence-electron chi connectivity index (χ0n) is 19.2. The number of nitrogens with zero attached hydrogens (tertiary/aromatic N) is 5. The Balaban J connectivity index is 1.24. The highest BCUT2D eigenvalue weighted by atomic mass is 32.1. The van der Waals surface area contributed by atoms with Gasteiger partial charge < -0.3 is 9.97 Å². The van der Waals surface area contributed by atoms with E-state index in [2.05, 4.69) is 56.3 Å². The first-order chi connectivity index (χ1) is 17.7. The van der Waals surface area contributed by atoms with Crippen LogP contribution in [-0.4, -0.2) is 34.9 Å². The summed E-state index contributed by atoms with van der Waals surface area (Å²) in [6, 6.07) is 20.5. The zero-order chi connectivity index (χ0) is 24.1. The first kappa shape index (κ1) is 20.7. The molecule has 0 aliphatic rings. The second-order valence-corrected chi connectivity index (χ2v) is 9.54. The molecule has 0 atom stereocenters. The van der Waals surface area contributed by atoms with Gasteiger partial charge in [0.15, 0.2) is 5.82 Å². The number of H-pyrrole nitrogens is 2. The lowest BCUT2D eigenvalue weighted by Gasteiger charge is -2.01. The molecule has 0 amide bonds. The topological polar surface area (TPSA) is 96.0 Å². The van der Waals surface area contributed by atoms with Crippen molar-refractivity contribution in [2.24, 2.45) is 0 Å². The van der Waals surface area contributed by atoms with Crippen LogP contribution in [0.3, 0.4) is 0 Å². The molecule has 0 aliphatic heterocycles. The van der Waals surface area contributed by atoms with Crippen LogP contribution in [0.4, 0.5) is 0 Å². The van der Waals surface area contributed by atoms with E-state index in [0.29, 0.717) is 0 Å². The molecule has 7 rings (SSSR count). The molecule has 172 valence electrons. The van der Waals surface area contributed by atoms with Gasteiger partial charge in [0.25, 0.3) is 0 Å². The van der Waals surface area contributed by atoms with E-state index in [1.165, 1.54) is 0 Å². The van der Waals surface area contributed by atoms with Crippen LogP contribution in [0.2, 0.25) is 0 Å². The second-order valence-electron chi connectivity index (χ2n) is 8.54. The van der Waals surface area contributed by atoms with Gasteiger partial charge in [-0.1, -0.05) is 12.1 Å². The van der Waals surface area contributed by atoms with Crippen molar-refractivity contribution in [3.8, 4) is 43.8 Å². The molecule has 7 nitrogen and oxygen atoms in total.